The molecule has 3 aromatic rings. The molecule has 0 spiro atoms. The zero-order chi connectivity index (χ0) is 24.7. The predicted molar refractivity (Wildman–Crippen MR) is 141 cm³/mol. The van der Waals surface area contributed by atoms with Crippen LogP contribution in [-0.2, 0) is 17.8 Å². The number of carbonyl (C=O) groups is 1. The maximum atomic E-state index is 12.3. The second kappa shape index (κ2) is 12.2. The van der Waals surface area contributed by atoms with Crippen molar-refractivity contribution in [3.63, 3.8) is 0 Å². The SMILES string of the molecule is CCOc1cc(/C=N\NC(=O)Cc2ccc(C)cc2C)cc(Br)c1OCc1ccc(Cl)cc1Cl. The number of hydrazone groups is 1. The van der Waals surface area contributed by atoms with Crippen LogP contribution in [0.3, 0.4) is 0 Å². The number of hydrogen-bond acceptors (Lipinski definition) is 4. The Kier molecular flexibility index (Phi) is 9.39. The number of ether oxygens (including phenoxy) is 2. The number of hydrogen-bond donors (Lipinski definition) is 1. The summed E-state index contributed by atoms with van der Waals surface area (Å²) in [5.74, 6) is 0.904. The maximum Gasteiger partial charge on any atom is 0.244 e. The predicted octanol–water partition coefficient (Wildman–Crippen LogP) is 7.04. The van der Waals surface area contributed by atoms with Gasteiger partial charge >= 0.3 is 0 Å². The standard InChI is InChI=1S/C26H25BrCl2N2O3/c1-4-33-24-11-18(14-30-31-25(32)12-19-6-5-16(2)9-17(19)3)10-22(27)26(24)34-15-20-7-8-21(28)13-23(20)29/h5-11,13-14H,4,12,15H2,1-3H3,(H,31,32)/b30-14-. The Labute approximate surface area is 218 Å². The summed E-state index contributed by atoms with van der Waals surface area (Å²) in [4.78, 5) is 12.3. The highest BCUT2D eigenvalue weighted by Gasteiger charge is 2.13. The van der Waals surface area contributed by atoms with Crippen molar-refractivity contribution in [3.05, 3.63) is 90.9 Å². The number of nitrogens with zero attached hydrogens (tertiary/aromatic N) is 1. The highest BCUT2D eigenvalue weighted by atomic mass is 79.9. The van der Waals surface area contributed by atoms with Crippen molar-refractivity contribution in [2.75, 3.05) is 6.61 Å². The molecule has 0 heterocycles. The van der Waals surface area contributed by atoms with Crippen molar-refractivity contribution < 1.29 is 14.3 Å². The molecule has 3 rings (SSSR count). The molecule has 1 N–H and O–H groups in total. The van der Waals surface area contributed by atoms with E-state index in [0.29, 0.717) is 32.6 Å². The van der Waals surface area contributed by atoms with E-state index < -0.39 is 0 Å². The summed E-state index contributed by atoms with van der Waals surface area (Å²) in [6, 6.07) is 14.9. The van der Waals surface area contributed by atoms with E-state index in [2.05, 4.69) is 32.5 Å². The second-order valence-electron chi connectivity index (χ2n) is 7.69. The molecular weight excluding hydrogens is 539 g/mol. The number of rotatable bonds is 9. The lowest BCUT2D eigenvalue weighted by atomic mass is 10.0. The first-order valence-electron chi connectivity index (χ1n) is 10.7. The van der Waals surface area contributed by atoms with E-state index in [1.54, 1.807) is 24.4 Å². The van der Waals surface area contributed by atoms with E-state index in [0.717, 1.165) is 22.3 Å². The van der Waals surface area contributed by atoms with Gasteiger partial charge in [0.25, 0.3) is 0 Å². The van der Waals surface area contributed by atoms with Crippen LogP contribution in [0.1, 0.15) is 34.7 Å². The van der Waals surface area contributed by atoms with Gasteiger partial charge in [-0.2, -0.15) is 5.10 Å². The molecule has 8 heteroatoms. The molecule has 3 aromatic carbocycles. The van der Waals surface area contributed by atoms with Crippen LogP contribution >= 0.6 is 39.1 Å². The number of nitrogens with one attached hydrogen (secondary N) is 1. The minimum absolute atomic E-state index is 0.188. The summed E-state index contributed by atoms with van der Waals surface area (Å²) in [7, 11) is 0. The van der Waals surface area contributed by atoms with Crippen molar-refractivity contribution in [1.29, 1.82) is 0 Å². The van der Waals surface area contributed by atoms with Crippen molar-refractivity contribution in [3.8, 4) is 11.5 Å². The van der Waals surface area contributed by atoms with Crippen LogP contribution in [0.15, 0.2) is 58.1 Å². The highest BCUT2D eigenvalue weighted by Crippen LogP contribution is 2.37. The van der Waals surface area contributed by atoms with E-state index in [1.807, 2.05) is 45.0 Å². The lowest BCUT2D eigenvalue weighted by Crippen LogP contribution is -2.20. The number of amides is 1. The van der Waals surface area contributed by atoms with Crippen LogP contribution in [0.5, 0.6) is 11.5 Å². The fourth-order valence-corrected chi connectivity index (χ4v) is 4.33. The van der Waals surface area contributed by atoms with Crippen LogP contribution < -0.4 is 14.9 Å². The molecule has 0 fully saturated rings. The average molecular weight is 564 g/mol. The first kappa shape index (κ1) is 26.1. The van der Waals surface area contributed by atoms with E-state index in [4.69, 9.17) is 32.7 Å². The van der Waals surface area contributed by atoms with Crippen molar-refractivity contribution in [2.24, 2.45) is 5.10 Å². The molecule has 0 aliphatic carbocycles. The van der Waals surface area contributed by atoms with Gasteiger partial charge in [-0.1, -0.05) is 53.0 Å². The summed E-state index contributed by atoms with van der Waals surface area (Å²) < 4.78 is 12.5. The number of halogens is 3. The quantitative estimate of drug-likeness (QED) is 0.224. The fraction of sp³-hybridized carbons (Fsp3) is 0.231. The van der Waals surface area contributed by atoms with Gasteiger partial charge in [0.05, 0.1) is 23.7 Å². The molecule has 1 amide bonds. The van der Waals surface area contributed by atoms with Crippen molar-refractivity contribution >= 4 is 51.3 Å². The van der Waals surface area contributed by atoms with E-state index in [9.17, 15) is 4.79 Å². The van der Waals surface area contributed by atoms with Gasteiger partial charge in [-0.05, 0) is 77.7 Å². The summed E-state index contributed by atoms with van der Waals surface area (Å²) in [5.41, 5.74) is 7.34. The molecule has 0 aromatic heterocycles. The van der Waals surface area contributed by atoms with E-state index in [-0.39, 0.29) is 18.9 Å². The van der Waals surface area contributed by atoms with Gasteiger partial charge in [0.2, 0.25) is 5.91 Å². The minimum Gasteiger partial charge on any atom is -0.490 e. The lowest BCUT2D eigenvalue weighted by Gasteiger charge is -2.15. The third-order valence-electron chi connectivity index (χ3n) is 4.97. The van der Waals surface area contributed by atoms with Gasteiger partial charge in [-0.25, -0.2) is 5.43 Å². The maximum absolute atomic E-state index is 12.3. The van der Waals surface area contributed by atoms with Gasteiger partial charge in [0.15, 0.2) is 11.5 Å². The Morgan fingerprint density at radius 3 is 2.53 bits per heavy atom. The molecule has 0 saturated carbocycles. The van der Waals surface area contributed by atoms with Crippen molar-refractivity contribution in [1.82, 2.24) is 5.43 Å². The van der Waals surface area contributed by atoms with Crippen LogP contribution in [0.4, 0.5) is 0 Å². The minimum atomic E-state index is -0.188. The molecule has 178 valence electrons. The summed E-state index contributed by atoms with van der Waals surface area (Å²) in [6.07, 6.45) is 1.82. The lowest BCUT2D eigenvalue weighted by molar-refractivity contribution is -0.120. The Balaban J connectivity index is 1.68. The monoisotopic (exact) mass is 562 g/mol. The Hall–Kier alpha value is -2.54. The molecule has 0 atom stereocenters. The number of carbonyl (C=O) groups excluding carboxylic acids is 1. The van der Waals surface area contributed by atoms with Crippen molar-refractivity contribution in [2.45, 2.75) is 33.8 Å². The smallest absolute Gasteiger partial charge is 0.244 e. The normalized spacial score (nSPS) is 11.0. The van der Waals surface area contributed by atoms with Crippen LogP contribution in [0.25, 0.3) is 0 Å². The largest absolute Gasteiger partial charge is 0.490 e. The molecule has 0 aliphatic rings. The highest BCUT2D eigenvalue weighted by molar-refractivity contribution is 9.10. The molecule has 5 nitrogen and oxygen atoms in total. The third-order valence-corrected chi connectivity index (χ3v) is 6.15. The van der Waals surface area contributed by atoms with Gasteiger partial charge in [0, 0.05) is 15.6 Å². The molecule has 0 aliphatic heterocycles. The zero-order valence-electron chi connectivity index (χ0n) is 19.1. The molecule has 34 heavy (non-hydrogen) atoms. The first-order valence-corrected chi connectivity index (χ1v) is 12.2. The van der Waals surface area contributed by atoms with Crippen LogP contribution in [0.2, 0.25) is 10.0 Å². The first-order chi connectivity index (χ1) is 16.3. The Bertz CT molecular complexity index is 1210. The molecule has 0 saturated heterocycles. The average Bonchev–Trinajstić information content (AvgIpc) is 2.76. The summed E-state index contributed by atoms with van der Waals surface area (Å²) >= 11 is 15.8. The van der Waals surface area contributed by atoms with Gasteiger partial charge in [-0.3, -0.25) is 4.79 Å². The van der Waals surface area contributed by atoms with Gasteiger partial charge in [-0.15, -0.1) is 0 Å². The second-order valence-corrected chi connectivity index (χ2v) is 9.39. The fourth-order valence-electron chi connectivity index (χ4n) is 3.29. The van der Waals surface area contributed by atoms with Crippen LogP contribution in [-0.4, -0.2) is 18.7 Å². The van der Waals surface area contributed by atoms with Gasteiger partial charge < -0.3 is 9.47 Å². The van der Waals surface area contributed by atoms with E-state index in [1.165, 1.54) is 5.56 Å². The summed E-state index contributed by atoms with van der Waals surface area (Å²) in [6.45, 7) is 6.62. The van der Waals surface area contributed by atoms with E-state index >= 15 is 0 Å². The molecule has 0 bridgehead atoms. The number of benzene rings is 3. The van der Waals surface area contributed by atoms with Crippen LogP contribution in [0, 0.1) is 13.8 Å². The summed E-state index contributed by atoms with van der Waals surface area (Å²) in [5, 5.41) is 5.19. The number of aryl methyl sites for hydroxylation is 2. The third kappa shape index (κ3) is 7.23. The molecule has 0 unspecified atom stereocenters. The topological polar surface area (TPSA) is 59.9 Å². The molecule has 0 radical (unpaired) electrons. The Morgan fingerprint density at radius 2 is 1.82 bits per heavy atom. The molecular formula is C26H25BrCl2N2O3. The Morgan fingerprint density at radius 1 is 1.06 bits per heavy atom. The zero-order valence-corrected chi connectivity index (χ0v) is 22.2. The van der Waals surface area contributed by atoms with Gasteiger partial charge in [0.1, 0.15) is 6.61 Å².